The number of hydrogen-bond donors (Lipinski definition) is 1. The van der Waals surface area contributed by atoms with Gasteiger partial charge in [0.25, 0.3) is 0 Å². The van der Waals surface area contributed by atoms with Crippen molar-refractivity contribution in [3.8, 4) is 0 Å². The molecule has 1 atom stereocenters. The van der Waals surface area contributed by atoms with Crippen LogP contribution in [0.1, 0.15) is 31.9 Å². The fourth-order valence-electron chi connectivity index (χ4n) is 2.01. The Morgan fingerprint density at radius 3 is 2.81 bits per heavy atom. The molecule has 0 bridgehead atoms. The molecule has 0 saturated carbocycles. The summed E-state index contributed by atoms with van der Waals surface area (Å²) in [6.45, 7) is 7.41. The first-order valence-corrected chi connectivity index (χ1v) is 5.66. The number of rotatable bonds is 3. The number of halogens is 1. The van der Waals surface area contributed by atoms with Gasteiger partial charge in [0, 0.05) is 43.5 Å². The first-order valence-electron chi connectivity index (χ1n) is 5.66. The van der Waals surface area contributed by atoms with Gasteiger partial charge in [-0.05, 0) is 20.3 Å². The van der Waals surface area contributed by atoms with Crippen LogP contribution in [0.5, 0.6) is 0 Å². The van der Waals surface area contributed by atoms with Crippen LogP contribution in [0, 0.1) is 0 Å². The van der Waals surface area contributed by atoms with E-state index in [1.165, 1.54) is 5.56 Å². The second kappa shape index (κ2) is 5.66. The lowest BCUT2D eigenvalue weighted by atomic mass is 10.3. The van der Waals surface area contributed by atoms with Gasteiger partial charge in [0.05, 0.1) is 6.20 Å². The molecule has 0 aliphatic carbocycles. The number of nitrogens with two attached hydrogens (primary N) is 1. The summed E-state index contributed by atoms with van der Waals surface area (Å²) in [4.78, 5) is 2.40. The molecule has 16 heavy (non-hydrogen) atoms. The Balaban J connectivity index is 0.00000128. The third-order valence-electron chi connectivity index (χ3n) is 2.90. The van der Waals surface area contributed by atoms with Gasteiger partial charge in [-0.15, -0.1) is 12.4 Å². The Labute approximate surface area is 103 Å². The second-order valence-corrected chi connectivity index (χ2v) is 4.71. The summed E-state index contributed by atoms with van der Waals surface area (Å²) >= 11 is 0. The zero-order valence-electron chi connectivity index (χ0n) is 9.97. The van der Waals surface area contributed by atoms with Crippen molar-refractivity contribution in [3.63, 3.8) is 0 Å². The number of nitrogens with zero attached hydrogens (tertiary/aromatic N) is 3. The summed E-state index contributed by atoms with van der Waals surface area (Å²) in [6.07, 6.45) is 5.22. The molecule has 1 saturated heterocycles. The molecule has 1 fully saturated rings. The summed E-state index contributed by atoms with van der Waals surface area (Å²) < 4.78 is 2.01. The molecule has 2 heterocycles. The highest BCUT2D eigenvalue weighted by atomic mass is 35.5. The van der Waals surface area contributed by atoms with E-state index in [9.17, 15) is 0 Å². The van der Waals surface area contributed by atoms with Crippen molar-refractivity contribution in [3.05, 3.63) is 18.0 Å². The van der Waals surface area contributed by atoms with Crippen LogP contribution in [0.4, 0.5) is 0 Å². The molecule has 92 valence electrons. The normalized spacial score (nSPS) is 21.4. The summed E-state index contributed by atoms with van der Waals surface area (Å²) in [5.74, 6) is 0. The molecule has 2 rings (SSSR count). The van der Waals surface area contributed by atoms with E-state index in [1.54, 1.807) is 0 Å². The lowest BCUT2D eigenvalue weighted by Crippen LogP contribution is -2.26. The number of aromatic nitrogens is 2. The van der Waals surface area contributed by atoms with Crippen molar-refractivity contribution in [2.45, 2.75) is 38.9 Å². The molecular weight excluding hydrogens is 224 g/mol. The third kappa shape index (κ3) is 3.20. The molecule has 0 spiro atoms. The van der Waals surface area contributed by atoms with Crippen molar-refractivity contribution in [1.82, 2.24) is 14.7 Å². The van der Waals surface area contributed by atoms with Gasteiger partial charge in [0.2, 0.25) is 0 Å². The average Bonchev–Trinajstić information content (AvgIpc) is 2.76. The Bertz CT molecular complexity index is 324. The largest absolute Gasteiger partial charge is 0.326 e. The fourth-order valence-corrected chi connectivity index (χ4v) is 2.01. The summed E-state index contributed by atoms with van der Waals surface area (Å²) in [6, 6.07) is 0.810. The summed E-state index contributed by atoms with van der Waals surface area (Å²) in [5.41, 5.74) is 7.16. The highest BCUT2D eigenvalue weighted by molar-refractivity contribution is 5.85. The lowest BCUT2D eigenvalue weighted by molar-refractivity contribution is 0.326. The van der Waals surface area contributed by atoms with Gasteiger partial charge in [0.1, 0.15) is 0 Å². The molecule has 2 N–H and O–H groups in total. The van der Waals surface area contributed by atoms with Crippen LogP contribution in [-0.4, -0.2) is 33.8 Å². The average molecular weight is 245 g/mol. The Morgan fingerprint density at radius 1 is 1.56 bits per heavy atom. The Morgan fingerprint density at radius 2 is 2.31 bits per heavy atom. The topological polar surface area (TPSA) is 47.1 Å². The predicted molar refractivity (Wildman–Crippen MR) is 67.7 cm³/mol. The SMILES string of the molecule is CC(C)n1cc(CN2CC[C@H](N)C2)cn1.Cl. The molecule has 1 aliphatic heterocycles. The first-order chi connectivity index (χ1) is 7.15. The van der Waals surface area contributed by atoms with E-state index in [-0.39, 0.29) is 12.4 Å². The van der Waals surface area contributed by atoms with E-state index in [0.717, 1.165) is 26.1 Å². The highest BCUT2D eigenvalue weighted by Gasteiger charge is 2.19. The van der Waals surface area contributed by atoms with Crippen LogP contribution < -0.4 is 5.73 Å². The van der Waals surface area contributed by atoms with E-state index in [2.05, 4.69) is 30.0 Å². The van der Waals surface area contributed by atoms with Gasteiger partial charge < -0.3 is 5.73 Å². The van der Waals surface area contributed by atoms with Crippen molar-refractivity contribution >= 4 is 12.4 Å². The van der Waals surface area contributed by atoms with Gasteiger partial charge >= 0.3 is 0 Å². The van der Waals surface area contributed by atoms with Crippen molar-refractivity contribution in [1.29, 1.82) is 0 Å². The maximum Gasteiger partial charge on any atom is 0.0534 e. The van der Waals surface area contributed by atoms with E-state index >= 15 is 0 Å². The van der Waals surface area contributed by atoms with E-state index in [1.807, 2.05) is 10.9 Å². The van der Waals surface area contributed by atoms with Crippen molar-refractivity contribution in [2.75, 3.05) is 13.1 Å². The molecule has 0 radical (unpaired) electrons. The molecule has 1 aromatic heterocycles. The first kappa shape index (κ1) is 13.5. The molecule has 5 heteroatoms. The van der Waals surface area contributed by atoms with Crippen molar-refractivity contribution in [2.24, 2.45) is 5.73 Å². The molecule has 1 aromatic rings. The minimum absolute atomic E-state index is 0. The van der Waals surface area contributed by atoms with Crippen LogP contribution in [0.3, 0.4) is 0 Å². The minimum Gasteiger partial charge on any atom is -0.326 e. The molecular formula is C11H21ClN4. The third-order valence-corrected chi connectivity index (χ3v) is 2.90. The van der Waals surface area contributed by atoms with Gasteiger partial charge in [-0.25, -0.2) is 0 Å². The quantitative estimate of drug-likeness (QED) is 0.875. The van der Waals surface area contributed by atoms with E-state index in [4.69, 9.17) is 5.73 Å². The Kier molecular flexibility index (Phi) is 4.77. The van der Waals surface area contributed by atoms with Crippen LogP contribution in [0.25, 0.3) is 0 Å². The zero-order chi connectivity index (χ0) is 10.8. The van der Waals surface area contributed by atoms with Crippen molar-refractivity contribution < 1.29 is 0 Å². The van der Waals surface area contributed by atoms with Gasteiger partial charge in [-0.2, -0.15) is 5.10 Å². The molecule has 1 aliphatic rings. The van der Waals surface area contributed by atoms with Crippen LogP contribution in [-0.2, 0) is 6.54 Å². The number of likely N-dealkylation sites (tertiary alicyclic amines) is 1. The Hall–Kier alpha value is -0.580. The smallest absolute Gasteiger partial charge is 0.0534 e. The summed E-state index contributed by atoms with van der Waals surface area (Å²) in [5, 5.41) is 4.34. The molecule has 0 amide bonds. The van der Waals surface area contributed by atoms with Gasteiger partial charge in [-0.1, -0.05) is 0 Å². The number of hydrogen-bond acceptors (Lipinski definition) is 3. The second-order valence-electron chi connectivity index (χ2n) is 4.71. The van der Waals surface area contributed by atoms with Gasteiger partial charge in [0.15, 0.2) is 0 Å². The molecule has 0 unspecified atom stereocenters. The fraction of sp³-hybridized carbons (Fsp3) is 0.727. The van der Waals surface area contributed by atoms with Crippen LogP contribution in [0.15, 0.2) is 12.4 Å². The van der Waals surface area contributed by atoms with E-state index < -0.39 is 0 Å². The lowest BCUT2D eigenvalue weighted by Gasteiger charge is -2.13. The standard InChI is InChI=1S/C11H20N4.ClH/c1-9(2)15-7-10(5-13-15)6-14-4-3-11(12)8-14;/h5,7,9,11H,3-4,6,8,12H2,1-2H3;1H/t11-;/m0./s1. The predicted octanol–water partition coefficient (Wildman–Crippen LogP) is 1.42. The molecule has 4 nitrogen and oxygen atoms in total. The minimum atomic E-state index is 0. The monoisotopic (exact) mass is 244 g/mol. The van der Waals surface area contributed by atoms with Gasteiger partial charge in [-0.3, -0.25) is 9.58 Å². The van der Waals surface area contributed by atoms with E-state index in [0.29, 0.717) is 12.1 Å². The molecule has 0 aromatic carbocycles. The maximum absolute atomic E-state index is 5.87. The summed E-state index contributed by atoms with van der Waals surface area (Å²) in [7, 11) is 0. The maximum atomic E-state index is 5.87. The zero-order valence-corrected chi connectivity index (χ0v) is 10.8. The van der Waals surface area contributed by atoms with Crippen LogP contribution in [0.2, 0.25) is 0 Å². The highest BCUT2D eigenvalue weighted by Crippen LogP contribution is 2.12. The van der Waals surface area contributed by atoms with Crippen LogP contribution >= 0.6 is 12.4 Å².